The lowest BCUT2D eigenvalue weighted by atomic mass is 11.6. The molecule has 142 valence electrons. The standard InChI is InChI=1S/C2HF6NO4S2.CH2F3NO2S/c3-1(4,5)14(10,11)9-15(12,13)2(6,7)8;2-1(3,4)8(5,6)7/h9H;(H2,5,6,7). The third-order valence-electron chi connectivity index (χ3n) is 1.15. The molecule has 0 heterocycles. The Labute approximate surface area is 121 Å². The van der Waals surface area contributed by atoms with Gasteiger partial charge in [-0.05, 0) is 0 Å². The molecule has 0 rings (SSSR count). The van der Waals surface area contributed by atoms with Gasteiger partial charge in [-0.25, -0.2) is 30.4 Å². The summed E-state index contributed by atoms with van der Waals surface area (Å²) in [6.07, 6.45) is 0. The highest BCUT2D eigenvalue weighted by Crippen LogP contribution is 2.27. The Morgan fingerprint density at radius 1 is 0.565 bits per heavy atom. The molecule has 23 heavy (non-hydrogen) atoms. The van der Waals surface area contributed by atoms with Crippen molar-refractivity contribution in [1.82, 2.24) is 4.13 Å². The predicted octanol–water partition coefficient (Wildman–Crippen LogP) is 0.0699. The number of nitrogens with two attached hydrogens (primary N) is 1. The first-order valence-electron chi connectivity index (χ1n) is 3.96. The number of hydrogen-bond acceptors (Lipinski definition) is 6. The second-order valence-corrected chi connectivity index (χ2v) is 8.13. The van der Waals surface area contributed by atoms with Crippen molar-refractivity contribution in [3.8, 4) is 0 Å². The minimum absolute atomic E-state index is 0.493. The minimum Gasteiger partial charge on any atom is -0.221 e. The van der Waals surface area contributed by atoms with Gasteiger partial charge >= 0.3 is 46.6 Å². The summed E-state index contributed by atoms with van der Waals surface area (Å²) in [5, 5.41) is 3.66. The Kier molecular flexibility index (Phi) is 6.96. The van der Waals surface area contributed by atoms with Gasteiger partial charge < -0.3 is 0 Å². The van der Waals surface area contributed by atoms with Gasteiger partial charge in [-0.15, -0.1) is 0 Å². The van der Waals surface area contributed by atoms with E-state index in [2.05, 4.69) is 5.14 Å². The van der Waals surface area contributed by atoms with Crippen molar-refractivity contribution in [2.24, 2.45) is 5.14 Å². The number of primary sulfonamides is 1. The molecular formula is C3H3F9N2O6S3. The van der Waals surface area contributed by atoms with Gasteiger partial charge in [0.05, 0.1) is 0 Å². The molecule has 0 aromatic rings. The Morgan fingerprint density at radius 2 is 0.739 bits per heavy atom. The van der Waals surface area contributed by atoms with Gasteiger partial charge in [-0.3, -0.25) is 0 Å². The van der Waals surface area contributed by atoms with Crippen molar-refractivity contribution in [1.29, 1.82) is 0 Å². The lowest BCUT2D eigenvalue weighted by Gasteiger charge is -2.11. The van der Waals surface area contributed by atoms with Crippen molar-refractivity contribution >= 4 is 30.1 Å². The molecule has 0 atom stereocenters. The van der Waals surface area contributed by atoms with E-state index < -0.39 is 50.7 Å². The zero-order chi connectivity index (χ0) is 19.7. The van der Waals surface area contributed by atoms with Crippen LogP contribution in [0.4, 0.5) is 39.5 Å². The molecule has 0 aromatic carbocycles. The third kappa shape index (κ3) is 7.50. The highest BCUT2D eigenvalue weighted by atomic mass is 32.3. The Balaban J connectivity index is 0. The van der Waals surface area contributed by atoms with E-state index >= 15 is 0 Å². The van der Waals surface area contributed by atoms with Crippen molar-refractivity contribution < 1.29 is 64.8 Å². The molecule has 0 amide bonds. The largest absolute Gasteiger partial charge is 0.512 e. The van der Waals surface area contributed by atoms with Crippen molar-refractivity contribution in [3.63, 3.8) is 0 Å². The van der Waals surface area contributed by atoms with Crippen LogP contribution in [0.2, 0.25) is 0 Å². The molecule has 0 fully saturated rings. The highest BCUT2D eigenvalue weighted by molar-refractivity contribution is 8.05. The second-order valence-electron chi connectivity index (χ2n) is 2.97. The van der Waals surface area contributed by atoms with Gasteiger partial charge in [0, 0.05) is 0 Å². The van der Waals surface area contributed by atoms with Gasteiger partial charge in [-0.1, -0.05) is 4.13 Å². The van der Waals surface area contributed by atoms with Gasteiger partial charge in [0.25, 0.3) is 0 Å². The first-order chi connectivity index (χ1) is 9.46. The van der Waals surface area contributed by atoms with Crippen molar-refractivity contribution in [3.05, 3.63) is 0 Å². The van der Waals surface area contributed by atoms with Crippen molar-refractivity contribution in [2.75, 3.05) is 0 Å². The quantitative estimate of drug-likeness (QED) is 0.594. The average Bonchev–Trinajstić information content (AvgIpc) is 2.08. The van der Waals surface area contributed by atoms with Gasteiger partial charge in [-0.2, -0.15) is 39.5 Å². The van der Waals surface area contributed by atoms with Crippen LogP contribution in [0.5, 0.6) is 0 Å². The molecule has 0 aliphatic heterocycles. The molecular weight excluding hydrogens is 427 g/mol. The smallest absolute Gasteiger partial charge is 0.221 e. The van der Waals surface area contributed by atoms with Crippen LogP contribution in [0, 0.1) is 0 Å². The fourth-order valence-electron chi connectivity index (χ4n) is 0.239. The summed E-state index contributed by atoms with van der Waals surface area (Å²) in [5.74, 6) is 0. The van der Waals surface area contributed by atoms with E-state index in [0.29, 0.717) is 0 Å². The van der Waals surface area contributed by atoms with Crippen LogP contribution in [0.1, 0.15) is 0 Å². The molecule has 20 heteroatoms. The van der Waals surface area contributed by atoms with Crippen LogP contribution < -0.4 is 9.27 Å². The van der Waals surface area contributed by atoms with E-state index in [1.807, 2.05) is 0 Å². The van der Waals surface area contributed by atoms with E-state index in [-0.39, 0.29) is 0 Å². The van der Waals surface area contributed by atoms with E-state index in [1.165, 1.54) is 0 Å². The van der Waals surface area contributed by atoms with Gasteiger partial charge in [0.2, 0.25) is 0 Å². The predicted molar refractivity (Wildman–Crippen MR) is 52.2 cm³/mol. The molecule has 8 nitrogen and oxygen atoms in total. The molecule has 0 unspecified atom stereocenters. The molecule has 0 bridgehead atoms. The van der Waals surface area contributed by atoms with E-state index in [4.69, 9.17) is 0 Å². The maximum absolute atomic E-state index is 11.5. The summed E-state index contributed by atoms with van der Waals surface area (Å²) in [5.41, 5.74) is -17.6. The first-order valence-corrected chi connectivity index (χ1v) is 8.47. The molecule has 0 aliphatic rings. The number of rotatable bonds is 2. The highest BCUT2D eigenvalue weighted by Gasteiger charge is 2.55. The van der Waals surface area contributed by atoms with Crippen LogP contribution in [-0.2, 0) is 30.1 Å². The van der Waals surface area contributed by atoms with Gasteiger partial charge in [0.1, 0.15) is 0 Å². The zero-order valence-electron chi connectivity index (χ0n) is 9.65. The zero-order valence-corrected chi connectivity index (χ0v) is 12.1. The van der Waals surface area contributed by atoms with Crippen LogP contribution in [0.25, 0.3) is 0 Å². The normalized spacial score (nSPS) is 14.9. The summed E-state index contributed by atoms with van der Waals surface area (Å²) in [4.78, 5) is 0. The lowest BCUT2D eigenvalue weighted by Crippen LogP contribution is -2.45. The van der Waals surface area contributed by atoms with Crippen LogP contribution in [-0.4, -0.2) is 41.8 Å². The van der Waals surface area contributed by atoms with E-state index in [0.717, 1.165) is 0 Å². The molecule has 0 aromatic heterocycles. The first kappa shape index (κ1) is 24.4. The number of nitrogens with one attached hydrogen (secondary N) is 1. The average molecular weight is 430 g/mol. The fraction of sp³-hybridized carbons (Fsp3) is 1.00. The Hall–Kier alpha value is -0.860. The number of halogens is 9. The molecule has 0 saturated carbocycles. The molecule has 3 N–H and O–H groups in total. The van der Waals surface area contributed by atoms with Crippen LogP contribution in [0.15, 0.2) is 0 Å². The fourth-order valence-corrected chi connectivity index (χ4v) is 2.15. The minimum atomic E-state index is -6.60. The lowest BCUT2D eigenvalue weighted by molar-refractivity contribution is -0.0478. The molecule has 0 spiro atoms. The second kappa shape index (κ2) is 6.57. The maximum Gasteiger partial charge on any atom is 0.512 e. The SMILES string of the molecule is NS(=O)(=O)C(F)(F)F.O=S(=O)(NS(=O)(=O)C(F)(F)F)C(F)(F)F. The summed E-state index contributed by atoms with van der Waals surface area (Å²) < 4.78 is 159. The van der Waals surface area contributed by atoms with Gasteiger partial charge in [0.15, 0.2) is 0 Å². The summed E-state index contributed by atoms with van der Waals surface area (Å²) in [6, 6.07) is 0. The summed E-state index contributed by atoms with van der Waals surface area (Å²) in [6.45, 7) is 0. The third-order valence-corrected chi connectivity index (χ3v) is 4.77. The monoisotopic (exact) mass is 430 g/mol. The summed E-state index contributed by atoms with van der Waals surface area (Å²) in [7, 11) is -18.5. The number of alkyl halides is 9. The Bertz CT molecular complexity index is 668. The van der Waals surface area contributed by atoms with Crippen LogP contribution in [0.3, 0.4) is 0 Å². The van der Waals surface area contributed by atoms with E-state index in [9.17, 15) is 64.8 Å². The number of sulfonamides is 3. The molecule has 0 aliphatic carbocycles. The van der Waals surface area contributed by atoms with Crippen molar-refractivity contribution in [2.45, 2.75) is 16.5 Å². The topological polar surface area (TPSA) is 140 Å². The molecule has 0 saturated heterocycles. The molecule has 0 radical (unpaired) electrons. The maximum atomic E-state index is 11.5. The Morgan fingerprint density at radius 3 is 0.826 bits per heavy atom. The van der Waals surface area contributed by atoms with E-state index in [1.54, 1.807) is 0 Å². The number of hydrogen-bond donors (Lipinski definition) is 2. The van der Waals surface area contributed by atoms with Crippen LogP contribution >= 0.6 is 0 Å². The summed E-state index contributed by atoms with van der Waals surface area (Å²) >= 11 is 0.